The van der Waals surface area contributed by atoms with E-state index in [4.69, 9.17) is 28.7 Å². The van der Waals surface area contributed by atoms with Gasteiger partial charge >= 0.3 is 5.97 Å². The maximum Gasteiger partial charge on any atom is 0.321 e. The molecule has 0 radical (unpaired) electrons. The summed E-state index contributed by atoms with van der Waals surface area (Å²) in [6.45, 7) is 2.65. The number of anilines is 1. The Kier molecular flexibility index (Phi) is 7.64. The van der Waals surface area contributed by atoms with E-state index in [0.717, 1.165) is 5.52 Å². The zero-order valence-electron chi connectivity index (χ0n) is 21.1. The van der Waals surface area contributed by atoms with Gasteiger partial charge in [-0.3, -0.25) is 14.5 Å². The van der Waals surface area contributed by atoms with Crippen molar-refractivity contribution >= 4 is 28.9 Å². The van der Waals surface area contributed by atoms with E-state index in [1.54, 1.807) is 31.1 Å². The lowest BCUT2D eigenvalue weighted by atomic mass is 9.88. The second kappa shape index (κ2) is 10.9. The standard InChI is InChI=1S/C26H31N3O7/c1-6-36-25(31)22-23(16-14-20(34-4)21(35-5)15-19(16)33-3)29-18-11-8-7-10-17(18)27-26(29)28(24(22)30)12-9-13-32-2/h7-8,10-11,14-15,22-23H,6,9,12-13H2,1-5H3/t22-,23+/m1/s1. The summed E-state index contributed by atoms with van der Waals surface area (Å²) < 4.78 is 29.2. The lowest BCUT2D eigenvalue weighted by molar-refractivity contribution is -0.153. The summed E-state index contributed by atoms with van der Waals surface area (Å²) in [5.41, 5.74) is 2.04. The number of aromatic nitrogens is 2. The highest BCUT2D eigenvalue weighted by Gasteiger charge is 2.48. The molecule has 10 nitrogen and oxygen atoms in total. The van der Waals surface area contributed by atoms with Crippen LogP contribution in [0.15, 0.2) is 36.4 Å². The predicted molar refractivity (Wildman–Crippen MR) is 133 cm³/mol. The number of esters is 1. The Labute approximate surface area is 209 Å². The van der Waals surface area contributed by atoms with Crippen LogP contribution in [0.2, 0.25) is 0 Å². The van der Waals surface area contributed by atoms with Crippen molar-refractivity contribution in [2.45, 2.75) is 19.4 Å². The van der Waals surface area contributed by atoms with Gasteiger partial charge in [-0.1, -0.05) is 12.1 Å². The van der Waals surface area contributed by atoms with E-state index >= 15 is 0 Å². The van der Waals surface area contributed by atoms with Crippen molar-refractivity contribution in [2.24, 2.45) is 5.92 Å². The third kappa shape index (κ3) is 4.32. The summed E-state index contributed by atoms with van der Waals surface area (Å²) >= 11 is 0. The number of carbonyl (C=O) groups excluding carboxylic acids is 2. The Morgan fingerprint density at radius 1 is 1.00 bits per heavy atom. The SMILES string of the molecule is CCOC(=O)[C@H]1C(=O)N(CCCOC)c2nc3ccccc3n2[C@H]1c1cc(OC)c(OC)cc1OC. The maximum absolute atomic E-state index is 14.0. The molecule has 2 heterocycles. The van der Waals surface area contributed by atoms with Gasteiger partial charge in [-0.15, -0.1) is 0 Å². The number of carbonyl (C=O) groups is 2. The van der Waals surface area contributed by atoms with Crippen LogP contribution in [-0.4, -0.2) is 69.6 Å². The van der Waals surface area contributed by atoms with Crippen LogP contribution in [0.4, 0.5) is 5.95 Å². The molecule has 4 rings (SSSR count). The van der Waals surface area contributed by atoms with Crippen molar-refractivity contribution in [3.05, 3.63) is 42.0 Å². The second-order valence-electron chi connectivity index (χ2n) is 8.23. The number of amides is 1. The largest absolute Gasteiger partial charge is 0.496 e. The summed E-state index contributed by atoms with van der Waals surface area (Å²) in [4.78, 5) is 33.7. The summed E-state index contributed by atoms with van der Waals surface area (Å²) in [5.74, 6) is -0.402. The van der Waals surface area contributed by atoms with E-state index in [1.807, 2.05) is 28.8 Å². The average molecular weight is 498 g/mol. The number of fused-ring (bicyclic) bond motifs is 3. The topological polar surface area (TPSA) is 101 Å². The summed E-state index contributed by atoms with van der Waals surface area (Å²) in [7, 11) is 6.19. The molecule has 0 aliphatic carbocycles. The fraction of sp³-hybridized carbons (Fsp3) is 0.423. The number of benzene rings is 2. The lowest BCUT2D eigenvalue weighted by Crippen LogP contribution is -2.50. The molecular weight excluding hydrogens is 466 g/mol. The minimum absolute atomic E-state index is 0.139. The molecule has 36 heavy (non-hydrogen) atoms. The summed E-state index contributed by atoms with van der Waals surface area (Å²) in [5, 5.41) is 0. The molecule has 0 N–H and O–H groups in total. The van der Waals surface area contributed by atoms with Crippen molar-refractivity contribution in [3.8, 4) is 17.2 Å². The van der Waals surface area contributed by atoms with E-state index in [0.29, 0.717) is 53.8 Å². The first-order valence-corrected chi connectivity index (χ1v) is 11.7. The van der Waals surface area contributed by atoms with Gasteiger partial charge in [-0.25, -0.2) is 4.98 Å². The molecule has 0 bridgehead atoms. The first-order chi connectivity index (χ1) is 17.5. The number of hydrogen-bond acceptors (Lipinski definition) is 8. The van der Waals surface area contributed by atoms with Crippen molar-refractivity contribution in [1.29, 1.82) is 0 Å². The monoisotopic (exact) mass is 497 g/mol. The van der Waals surface area contributed by atoms with E-state index in [2.05, 4.69) is 0 Å². The van der Waals surface area contributed by atoms with Crippen LogP contribution in [0.3, 0.4) is 0 Å². The van der Waals surface area contributed by atoms with Crippen LogP contribution >= 0.6 is 0 Å². The van der Waals surface area contributed by atoms with Gasteiger partial charge in [0.15, 0.2) is 17.4 Å². The summed E-state index contributed by atoms with van der Waals surface area (Å²) in [6, 6.07) is 10.2. The molecule has 0 saturated heterocycles. The molecule has 0 fully saturated rings. The van der Waals surface area contributed by atoms with E-state index < -0.39 is 23.8 Å². The van der Waals surface area contributed by atoms with Crippen LogP contribution in [0.5, 0.6) is 17.2 Å². The number of para-hydroxylation sites is 2. The fourth-order valence-corrected chi connectivity index (χ4v) is 4.69. The maximum atomic E-state index is 14.0. The van der Waals surface area contributed by atoms with Crippen molar-refractivity contribution < 1.29 is 33.3 Å². The molecule has 0 spiro atoms. The van der Waals surface area contributed by atoms with E-state index in [-0.39, 0.29) is 6.61 Å². The van der Waals surface area contributed by atoms with Crippen LogP contribution in [0.25, 0.3) is 11.0 Å². The minimum Gasteiger partial charge on any atom is -0.496 e. The van der Waals surface area contributed by atoms with Gasteiger partial charge < -0.3 is 28.3 Å². The molecule has 1 aliphatic heterocycles. The zero-order valence-corrected chi connectivity index (χ0v) is 21.1. The highest BCUT2D eigenvalue weighted by molar-refractivity contribution is 6.08. The number of hydrogen-bond donors (Lipinski definition) is 0. The van der Waals surface area contributed by atoms with Gasteiger partial charge in [0, 0.05) is 31.9 Å². The third-order valence-electron chi connectivity index (χ3n) is 6.27. The third-order valence-corrected chi connectivity index (χ3v) is 6.27. The number of ether oxygens (including phenoxy) is 5. The molecule has 2 aromatic carbocycles. The zero-order chi connectivity index (χ0) is 25.8. The van der Waals surface area contributed by atoms with Crippen LogP contribution in [0.1, 0.15) is 24.9 Å². The molecule has 2 atom stereocenters. The molecule has 0 unspecified atom stereocenters. The fourth-order valence-electron chi connectivity index (χ4n) is 4.69. The lowest BCUT2D eigenvalue weighted by Gasteiger charge is -2.38. The summed E-state index contributed by atoms with van der Waals surface area (Å²) in [6.07, 6.45) is 0.575. The van der Waals surface area contributed by atoms with Gasteiger partial charge in [-0.2, -0.15) is 0 Å². The quantitative estimate of drug-likeness (QED) is 0.239. The molecule has 1 amide bonds. The molecule has 0 saturated carbocycles. The van der Waals surface area contributed by atoms with Gasteiger partial charge in [0.25, 0.3) is 0 Å². The Morgan fingerprint density at radius 2 is 1.69 bits per heavy atom. The second-order valence-corrected chi connectivity index (χ2v) is 8.23. The van der Waals surface area contributed by atoms with E-state index in [1.165, 1.54) is 21.3 Å². The Morgan fingerprint density at radius 3 is 2.36 bits per heavy atom. The van der Waals surface area contributed by atoms with Crippen molar-refractivity contribution in [1.82, 2.24) is 9.55 Å². The van der Waals surface area contributed by atoms with Gasteiger partial charge in [0.2, 0.25) is 11.9 Å². The molecule has 10 heteroatoms. The van der Waals surface area contributed by atoms with E-state index in [9.17, 15) is 9.59 Å². The Balaban J connectivity index is 2.02. The smallest absolute Gasteiger partial charge is 0.321 e. The molecule has 1 aliphatic rings. The van der Waals surface area contributed by atoms with Crippen LogP contribution in [-0.2, 0) is 19.1 Å². The molecule has 192 valence electrons. The van der Waals surface area contributed by atoms with Gasteiger partial charge in [0.05, 0.1) is 45.0 Å². The molecule has 1 aromatic heterocycles. The average Bonchev–Trinajstić information content (AvgIpc) is 3.28. The normalized spacial score (nSPS) is 17.1. The number of nitrogens with zero attached hydrogens (tertiary/aromatic N) is 3. The number of rotatable bonds is 10. The first kappa shape index (κ1) is 25.3. The minimum atomic E-state index is -1.18. The first-order valence-electron chi connectivity index (χ1n) is 11.7. The van der Waals surface area contributed by atoms with Gasteiger partial charge in [-0.05, 0) is 31.5 Å². The number of methoxy groups -OCH3 is 4. The van der Waals surface area contributed by atoms with Crippen LogP contribution < -0.4 is 19.1 Å². The Hall–Kier alpha value is -3.79. The highest BCUT2D eigenvalue weighted by Crippen LogP contribution is 2.46. The van der Waals surface area contributed by atoms with Crippen molar-refractivity contribution in [2.75, 3.05) is 53.1 Å². The predicted octanol–water partition coefficient (Wildman–Crippen LogP) is 3.21. The number of imidazole rings is 1. The Bertz CT molecular complexity index is 1260. The highest BCUT2D eigenvalue weighted by atomic mass is 16.5. The van der Waals surface area contributed by atoms with Gasteiger partial charge in [0.1, 0.15) is 5.75 Å². The molecular formula is C26H31N3O7. The van der Waals surface area contributed by atoms with Crippen LogP contribution in [0, 0.1) is 5.92 Å². The molecule has 3 aromatic rings. The van der Waals surface area contributed by atoms with Crippen molar-refractivity contribution in [3.63, 3.8) is 0 Å².